The number of aromatic hydroxyl groups is 2. The van der Waals surface area contributed by atoms with Crippen LogP contribution in [0.3, 0.4) is 0 Å². The molecule has 0 saturated heterocycles. The average Bonchev–Trinajstić information content (AvgIpc) is 2.49. The summed E-state index contributed by atoms with van der Waals surface area (Å²) in [5.41, 5.74) is 1.91. The molecule has 2 atom stereocenters. The van der Waals surface area contributed by atoms with Crippen LogP contribution in [0.4, 0.5) is 0 Å². The molecule has 2 aromatic carbocycles. The molecule has 0 radical (unpaired) electrons. The Hall–Kier alpha value is -1.79. The van der Waals surface area contributed by atoms with Crippen LogP contribution in [-0.4, -0.2) is 33.4 Å². The molecule has 0 aromatic heterocycles. The lowest BCUT2D eigenvalue weighted by molar-refractivity contribution is 0.136. The minimum atomic E-state index is -0.620. The van der Waals surface area contributed by atoms with Crippen LogP contribution in [0, 0.1) is 0 Å². The van der Waals surface area contributed by atoms with Crippen LogP contribution < -0.4 is 5.32 Å². The highest BCUT2D eigenvalue weighted by molar-refractivity contribution is 5.85. The van der Waals surface area contributed by atoms with Crippen LogP contribution in [0.1, 0.15) is 24.2 Å². The van der Waals surface area contributed by atoms with Crippen LogP contribution in [0.15, 0.2) is 48.5 Å². The second kappa shape index (κ2) is 10.1. The molecule has 2 rings (SSSR count). The van der Waals surface area contributed by atoms with Gasteiger partial charge in [0.15, 0.2) is 0 Å². The molecule has 0 aliphatic heterocycles. The summed E-state index contributed by atoms with van der Waals surface area (Å²) < 4.78 is 0. The van der Waals surface area contributed by atoms with Crippen LogP contribution >= 0.6 is 12.4 Å². The molecule has 0 fully saturated rings. The molecular formula is C17H24ClNO4. The van der Waals surface area contributed by atoms with Crippen LogP contribution in [0.25, 0.3) is 0 Å². The lowest BCUT2D eigenvalue weighted by atomic mass is 10.0. The quantitative estimate of drug-likeness (QED) is 0.644. The minimum absolute atomic E-state index is 0. The van der Waals surface area contributed by atoms with Gasteiger partial charge in [-0.15, -0.1) is 12.4 Å². The molecule has 0 unspecified atom stereocenters. The first-order chi connectivity index (χ1) is 10.1. The predicted octanol–water partition coefficient (Wildman–Crippen LogP) is 1.95. The van der Waals surface area contributed by atoms with Crippen LogP contribution in [-0.2, 0) is 6.42 Å². The second-order valence-electron chi connectivity index (χ2n) is 5.20. The van der Waals surface area contributed by atoms with E-state index in [0.717, 1.165) is 24.1 Å². The van der Waals surface area contributed by atoms with Crippen molar-refractivity contribution >= 4 is 12.4 Å². The molecule has 0 aliphatic rings. The van der Waals surface area contributed by atoms with Crippen molar-refractivity contribution in [1.82, 2.24) is 5.32 Å². The Morgan fingerprint density at radius 1 is 0.913 bits per heavy atom. The van der Waals surface area contributed by atoms with E-state index >= 15 is 0 Å². The van der Waals surface area contributed by atoms with E-state index in [1.165, 1.54) is 0 Å². The van der Waals surface area contributed by atoms with E-state index in [-0.39, 0.29) is 35.4 Å². The number of rotatable bonds is 6. The van der Waals surface area contributed by atoms with Crippen molar-refractivity contribution in [2.24, 2.45) is 0 Å². The van der Waals surface area contributed by atoms with Crippen LogP contribution in [0.2, 0.25) is 0 Å². The van der Waals surface area contributed by atoms with Crippen molar-refractivity contribution in [1.29, 1.82) is 0 Å². The van der Waals surface area contributed by atoms with E-state index in [1.54, 1.807) is 36.4 Å². The molecule has 128 valence electrons. The van der Waals surface area contributed by atoms with Crippen molar-refractivity contribution in [3.63, 3.8) is 0 Å². The number of phenols is 2. The fraction of sp³-hybridized carbons (Fsp3) is 0.294. The average molecular weight is 342 g/mol. The Bertz CT molecular complexity index is 560. The fourth-order valence-electron chi connectivity index (χ4n) is 2.18. The molecule has 5 nitrogen and oxygen atoms in total. The summed E-state index contributed by atoms with van der Waals surface area (Å²) in [6, 6.07) is 13.6. The second-order valence-corrected chi connectivity index (χ2v) is 5.20. The van der Waals surface area contributed by atoms with Gasteiger partial charge < -0.3 is 26.1 Å². The van der Waals surface area contributed by atoms with E-state index in [1.807, 2.05) is 19.1 Å². The predicted molar refractivity (Wildman–Crippen MR) is 93.2 cm³/mol. The van der Waals surface area contributed by atoms with E-state index in [2.05, 4.69) is 5.32 Å². The summed E-state index contributed by atoms with van der Waals surface area (Å²) in [6.07, 6.45) is 0.206. The van der Waals surface area contributed by atoms with Gasteiger partial charge in [-0.2, -0.15) is 0 Å². The maximum atomic E-state index is 10.2. The van der Waals surface area contributed by atoms with Crippen molar-refractivity contribution in [3.05, 3.63) is 59.7 Å². The highest BCUT2D eigenvalue weighted by atomic mass is 35.5. The maximum absolute atomic E-state index is 10.2. The first-order valence-corrected chi connectivity index (χ1v) is 7.04. The largest absolute Gasteiger partial charge is 0.508 e. The first-order valence-electron chi connectivity index (χ1n) is 7.04. The Morgan fingerprint density at radius 2 is 1.39 bits per heavy atom. The van der Waals surface area contributed by atoms with Gasteiger partial charge in [0.05, 0.1) is 6.10 Å². The molecule has 0 aliphatic carbocycles. The monoisotopic (exact) mass is 341 g/mol. The molecule has 23 heavy (non-hydrogen) atoms. The molecular weight excluding hydrogens is 318 g/mol. The van der Waals surface area contributed by atoms with Gasteiger partial charge in [-0.3, -0.25) is 0 Å². The molecule has 0 amide bonds. The van der Waals surface area contributed by atoms with Gasteiger partial charge in [0.2, 0.25) is 0 Å². The minimum Gasteiger partial charge on any atom is -0.508 e. The summed E-state index contributed by atoms with van der Waals surface area (Å²) in [4.78, 5) is 0. The Balaban J connectivity index is 0.00000242. The van der Waals surface area contributed by atoms with E-state index in [4.69, 9.17) is 0 Å². The number of hydrogen-bond donors (Lipinski definition) is 4. The number of phenolic OH excluding ortho intramolecular Hbond substituents is 2. The van der Waals surface area contributed by atoms with Gasteiger partial charge in [0, 0.05) is 6.04 Å². The zero-order valence-corrected chi connectivity index (χ0v) is 13.8. The number of aliphatic hydroxyl groups is 1. The first kappa shape index (κ1) is 21.2. The third kappa shape index (κ3) is 6.46. The number of aliphatic hydroxyl groups excluding tert-OH is 1. The zero-order chi connectivity index (χ0) is 15.2. The third-order valence-electron chi connectivity index (χ3n) is 3.52. The lowest BCUT2D eigenvalue weighted by Gasteiger charge is -2.20. The Labute approximate surface area is 142 Å². The Kier molecular flexibility index (Phi) is 9.29. The van der Waals surface area contributed by atoms with Gasteiger partial charge in [0.1, 0.15) is 11.5 Å². The van der Waals surface area contributed by atoms with Crippen molar-refractivity contribution in [2.75, 3.05) is 6.54 Å². The summed E-state index contributed by atoms with van der Waals surface area (Å²) in [5.74, 6) is 0.460. The summed E-state index contributed by atoms with van der Waals surface area (Å²) >= 11 is 0. The number of halogens is 1. The van der Waals surface area contributed by atoms with Crippen molar-refractivity contribution < 1.29 is 20.8 Å². The standard InChI is InChI=1S/C17H21NO3.ClH.H2O/c1-12(17(21)14-4-8-16(20)9-5-14)18-11-10-13-2-6-15(19)7-3-13;;/h2-9,12,17-21H,10-11H2,1H3;1H;1H2/t12-,17+;;/m1../s1. The van der Waals surface area contributed by atoms with Crippen molar-refractivity contribution in [3.8, 4) is 11.5 Å². The van der Waals surface area contributed by atoms with Crippen LogP contribution in [0.5, 0.6) is 11.5 Å². The SMILES string of the molecule is C[C@@H](NCCc1ccc(O)cc1)[C@H](O)c1ccc(O)cc1.Cl.O. The maximum Gasteiger partial charge on any atom is 0.115 e. The smallest absolute Gasteiger partial charge is 0.115 e. The highest BCUT2D eigenvalue weighted by Crippen LogP contribution is 2.19. The van der Waals surface area contributed by atoms with Gasteiger partial charge in [0.25, 0.3) is 0 Å². The number of nitrogens with one attached hydrogen (secondary N) is 1. The summed E-state index contributed by atoms with van der Waals surface area (Å²) in [5, 5.41) is 32.0. The fourth-order valence-corrected chi connectivity index (χ4v) is 2.18. The Morgan fingerprint density at radius 3 is 1.91 bits per heavy atom. The molecule has 6 N–H and O–H groups in total. The zero-order valence-electron chi connectivity index (χ0n) is 12.9. The number of hydrogen-bond acceptors (Lipinski definition) is 4. The van der Waals surface area contributed by atoms with Gasteiger partial charge in [-0.25, -0.2) is 0 Å². The van der Waals surface area contributed by atoms with E-state index < -0.39 is 6.10 Å². The molecule has 2 aromatic rings. The van der Waals surface area contributed by atoms with Crippen molar-refractivity contribution in [2.45, 2.75) is 25.5 Å². The normalized spacial score (nSPS) is 12.6. The summed E-state index contributed by atoms with van der Waals surface area (Å²) in [6.45, 7) is 2.66. The van der Waals surface area contributed by atoms with Gasteiger partial charge in [-0.05, 0) is 55.3 Å². The van der Waals surface area contributed by atoms with E-state index in [9.17, 15) is 15.3 Å². The van der Waals surface area contributed by atoms with Gasteiger partial charge in [-0.1, -0.05) is 24.3 Å². The molecule has 0 heterocycles. The summed E-state index contributed by atoms with van der Waals surface area (Å²) in [7, 11) is 0. The number of benzene rings is 2. The molecule has 0 spiro atoms. The molecule has 0 saturated carbocycles. The third-order valence-corrected chi connectivity index (χ3v) is 3.52. The van der Waals surface area contributed by atoms with Gasteiger partial charge >= 0.3 is 0 Å². The van der Waals surface area contributed by atoms with E-state index in [0.29, 0.717) is 0 Å². The lowest BCUT2D eigenvalue weighted by Crippen LogP contribution is -2.33. The molecule has 0 bridgehead atoms. The topological polar surface area (TPSA) is 104 Å². The molecule has 6 heteroatoms. The highest BCUT2D eigenvalue weighted by Gasteiger charge is 2.15.